The molecule has 0 aromatic heterocycles. The van der Waals surface area contributed by atoms with Crippen LogP contribution in [0, 0.1) is 0 Å². The van der Waals surface area contributed by atoms with Crippen LogP contribution in [0.25, 0.3) is 0 Å². The van der Waals surface area contributed by atoms with E-state index in [0.29, 0.717) is 57.2 Å². The Hall–Kier alpha value is -4.73. The summed E-state index contributed by atoms with van der Waals surface area (Å²) in [5, 5.41) is 2.98. The molecule has 2 aromatic carbocycles. The smallest absolute Gasteiger partial charge is 0.410 e. The first-order valence-corrected chi connectivity index (χ1v) is 16.9. The zero-order valence-corrected chi connectivity index (χ0v) is 28.3. The van der Waals surface area contributed by atoms with Gasteiger partial charge in [0.2, 0.25) is 5.91 Å². The fraction of sp³-hybridized carbons (Fsp3) is 0.447. The third kappa shape index (κ3) is 11.8. The van der Waals surface area contributed by atoms with Crippen molar-refractivity contribution in [1.82, 2.24) is 15.1 Å². The van der Waals surface area contributed by atoms with Crippen LogP contribution in [0.3, 0.4) is 0 Å². The van der Waals surface area contributed by atoms with Gasteiger partial charge in [0.25, 0.3) is 11.8 Å². The van der Waals surface area contributed by atoms with E-state index in [1.165, 1.54) is 9.80 Å². The third-order valence-corrected chi connectivity index (χ3v) is 8.17. The molecule has 48 heavy (non-hydrogen) atoms. The number of likely N-dealkylation sites (tertiary alicyclic amines) is 1. The van der Waals surface area contributed by atoms with Gasteiger partial charge in [-0.15, -0.1) is 0 Å². The summed E-state index contributed by atoms with van der Waals surface area (Å²) in [4.78, 5) is 66.8. The molecule has 1 aliphatic heterocycles. The second kappa shape index (κ2) is 20.5. The van der Waals surface area contributed by atoms with Crippen molar-refractivity contribution in [3.63, 3.8) is 0 Å². The number of imide groups is 1. The van der Waals surface area contributed by atoms with Crippen LogP contribution in [0.4, 0.5) is 4.79 Å². The fourth-order valence-corrected chi connectivity index (χ4v) is 5.41. The van der Waals surface area contributed by atoms with Gasteiger partial charge >= 0.3 is 12.1 Å². The van der Waals surface area contributed by atoms with E-state index in [4.69, 9.17) is 9.47 Å². The van der Waals surface area contributed by atoms with Crippen molar-refractivity contribution >= 4 is 29.8 Å². The number of nitrogens with zero attached hydrogens (tertiary/aromatic N) is 2. The lowest BCUT2D eigenvalue weighted by Gasteiger charge is -2.30. The van der Waals surface area contributed by atoms with Crippen LogP contribution in [0.2, 0.25) is 0 Å². The number of ether oxygens (including phenoxy) is 2. The highest BCUT2D eigenvalue weighted by Gasteiger charge is 2.36. The number of nitrogens with one attached hydrogen (secondary N) is 1. The number of hydrogen-bond donors (Lipinski definition) is 1. The van der Waals surface area contributed by atoms with E-state index in [0.717, 1.165) is 24.0 Å². The molecule has 1 atom stereocenters. The van der Waals surface area contributed by atoms with Gasteiger partial charge in [-0.1, -0.05) is 93.1 Å². The number of unbranched alkanes of at least 4 members (excludes halogenated alkanes) is 4. The maximum absolute atomic E-state index is 13.5. The van der Waals surface area contributed by atoms with Gasteiger partial charge < -0.3 is 14.8 Å². The lowest BCUT2D eigenvalue weighted by molar-refractivity contribution is -0.145. The summed E-state index contributed by atoms with van der Waals surface area (Å²) in [5.41, 5.74) is 2.32. The van der Waals surface area contributed by atoms with Crippen molar-refractivity contribution in [2.45, 2.75) is 90.9 Å². The average Bonchev–Trinajstić information content (AvgIpc) is 3.31. The SMILES string of the molecule is C=C1C(=O)N(CCCCCNC(=O)C(CCCC)N(CCCCC(=O)OCc2ccccc2)C(=O)OCc2ccccc2)C(=O)/C1=C/C. The molecule has 0 bridgehead atoms. The van der Waals surface area contributed by atoms with Gasteiger partial charge in [0, 0.05) is 37.2 Å². The van der Waals surface area contributed by atoms with Gasteiger partial charge in [-0.25, -0.2) is 4.79 Å². The zero-order valence-electron chi connectivity index (χ0n) is 28.3. The van der Waals surface area contributed by atoms with Gasteiger partial charge in [0.15, 0.2) is 0 Å². The number of benzene rings is 2. The molecule has 10 nitrogen and oxygen atoms in total. The number of amides is 4. The van der Waals surface area contributed by atoms with Gasteiger partial charge in [-0.05, 0) is 56.6 Å². The predicted molar refractivity (Wildman–Crippen MR) is 183 cm³/mol. The van der Waals surface area contributed by atoms with Gasteiger partial charge in [-0.3, -0.25) is 29.0 Å². The number of carbonyl (C=O) groups excluding carboxylic acids is 5. The summed E-state index contributed by atoms with van der Waals surface area (Å²) in [7, 11) is 0. The van der Waals surface area contributed by atoms with Gasteiger partial charge in [0.1, 0.15) is 19.3 Å². The Balaban J connectivity index is 1.53. The number of esters is 1. The summed E-state index contributed by atoms with van der Waals surface area (Å²) in [6.45, 7) is 8.67. The van der Waals surface area contributed by atoms with E-state index >= 15 is 0 Å². The molecule has 2 aromatic rings. The highest BCUT2D eigenvalue weighted by Crippen LogP contribution is 2.23. The number of rotatable bonds is 20. The minimum atomic E-state index is -0.733. The monoisotopic (exact) mass is 659 g/mol. The first-order valence-electron chi connectivity index (χ1n) is 16.9. The van der Waals surface area contributed by atoms with Gasteiger partial charge in [-0.2, -0.15) is 0 Å². The van der Waals surface area contributed by atoms with E-state index in [1.807, 2.05) is 67.6 Å². The van der Waals surface area contributed by atoms with Crippen molar-refractivity contribution in [3.8, 4) is 0 Å². The van der Waals surface area contributed by atoms with Crippen molar-refractivity contribution in [3.05, 3.63) is 95.6 Å². The van der Waals surface area contributed by atoms with Crippen LogP contribution >= 0.6 is 0 Å². The maximum Gasteiger partial charge on any atom is 0.410 e. The Morgan fingerprint density at radius 1 is 0.854 bits per heavy atom. The molecule has 0 aliphatic carbocycles. The highest BCUT2D eigenvalue weighted by molar-refractivity contribution is 6.24. The highest BCUT2D eigenvalue weighted by atomic mass is 16.6. The number of hydrogen-bond acceptors (Lipinski definition) is 7. The fourth-order valence-electron chi connectivity index (χ4n) is 5.41. The summed E-state index contributed by atoms with van der Waals surface area (Å²) in [6, 6.07) is 18.1. The Kier molecular flexibility index (Phi) is 16.1. The third-order valence-electron chi connectivity index (χ3n) is 8.17. The molecular formula is C38H49N3O7. The van der Waals surface area contributed by atoms with E-state index in [9.17, 15) is 24.0 Å². The summed E-state index contributed by atoms with van der Waals surface area (Å²) in [6.07, 6.45) is 6.20. The minimum Gasteiger partial charge on any atom is -0.461 e. The van der Waals surface area contributed by atoms with Crippen molar-refractivity contribution in [2.75, 3.05) is 19.6 Å². The summed E-state index contributed by atoms with van der Waals surface area (Å²) in [5.74, 6) is -1.25. The Labute approximate surface area is 284 Å². The molecule has 1 heterocycles. The molecular weight excluding hydrogens is 610 g/mol. The van der Waals surface area contributed by atoms with Crippen LogP contribution in [0.15, 0.2) is 84.5 Å². The van der Waals surface area contributed by atoms with Crippen molar-refractivity contribution < 1.29 is 33.4 Å². The number of carbonyl (C=O) groups is 5. The zero-order chi connectivity index (χ0) is 34.7. The molecule has 1 aliphatic rings. The molecule has 258 valence electrons. The minimum absolute atomic E-state index is 0.0784. The Morgan fingerprint density at radius 2 is 1.50 bits per heavy atom. The molecule has 1 fully saturated rings. The molecule has 1 N–H and O–H groups in total. The Morgan fingerprint density at radius 3 is 2.10 bits per heavy atom. The predicted octanol–water partition coefficient (Wildman–Crippen LogP) is 6.26. The molecule has 4 amide bonds. The topological polar surface area (TPSA) is 122 Å². The molecule has 0 radical (unpaired) electrons. The molecule has 0 saturated carbocycles. The van der Waals surface area contributed by atoms with E-state index in [2.05, 4.69) is 11.9 Å². The van der Waals surface area contributed by atoms with E-state index in [1.54, 1.807) is 13.0 Å². The quantitative estimate of drug-likeness (QED) is 0.0771. The maximum atomic E-state index is 13.5. The molecule has 1 saturated heterocycles. The average molecular weight is 660 g/mol. The van der Waals surface area contributed by atoms with Crippen LogP contribution in [0.5, 0.6) is 0 Å². The summed E-state index contributed by atoms with van der Waals surface area (Å²) >= 11 is 0. The second-order valence-corrected chi connectivity index (χ2v) is 11.8. The standard InChI is InChI=1S/C38H49N3O7/c1-4-6-22-33(35(43)39-24-15-9-16-26-41-36(44)29(3)32(5-2)37(41)45)40(38(46)48-28-31-20-12-8-13-21-31)25-17-14-23-34(42)47-27-30-18-10-7-11-19-30/h5,7-8,10-13,18-21,33H,3-4,6,9,14-17,22-28H2,1-2H3,(H,39,43)/b32-5+. The van der Waals surface area contributed by atoms with Crippen LogP contribution < -0.4 is 5.32 Å². The Bertz CT molecular complexity index is 1410. The van der Waals surface area contributed by atoms with Crippen molar-refractivity contribution in [2.24, 2.45) is 0 Å². The largest absolute Gasteiger partial charge is 0.461 e. The van der Waals surface area contributed by atoms with Crippen LogP contribution in [-0.2, 0) is 41.9 Å². The van der Waals surface area contributed by atoms with Crippen molar-refractivity contribution in [1.29, 1.82) is 0 Å². The first-order chi connectivity index (χ1) is 23.3. The summed E-state index contributed by atoms with van der Waals surface area (Å²) < 4.78 is 11.0. The molecule has 3 rings (SSSR count). The van der Waals surface area contributed by atoms with Crippen LogP contribution in [0.1, 0.15) is 82.8 Å². The van der Waals surface area contributed by atoms with Crippen LogP contribution in [-0.4, -0.2) is 65.3 Å². The molecule has 0 spiro atoms. The normalized spacial score (nSPS) is 14.2. The molecule has 1 unspecified atom stereocenters. The molecule has 10 heteroatoms. The number of allylic oxidation sites excluding steroid dienone is 1. The first kappa shape index (κ1) is 37.7. The lowest BCUT2D eigenvalue weighted by atomic mass is 10.1. The van der Waals surface area contributed by atoms with E-state index in [-0.39, 0.29) is 55.4 Å². The second-order valence-electron chi connectivity index (χ2n) is 11.8. The van der Waals surface area contributed by atoms with E-state index < -0.39 is 12.1 Å². The lowest BCUT2D eigenvalue weighted by Crippen LogP contribution is -2.50. The van der Waals surface area contributed by atoms with Gasteiger partial charge in [0.05, 0.1) is 0 Å².